The molecule has 76 valence electrons. The Balaban J connectivity index is 2.63. The third-order valence-corrected chi connectivity index (χ3v) is 3.35. The van der Waals surface area contributed by atoms with Gasteiger partial charge in [-0.1, -0.05) is 36.4 Å². The first-order chi connectivity index (χ1) is 7.18. The van der Waals surface area contributed by atoms with E-state index in [1.54, 1.807) is 6.07 Å². The van der Waals surface area contributed by atoms with Crippen molar-refractivity contribution < 1.29 is 4.39 Å². The van der Waals surface area contributed by atoms with Gasteiger partial charge in [-0.25, -0.2) is 4.39 Å². The van der Waals surface area contributed by atoms with Gasteiger partial charge < -0.3 is 0 Å². The van der Waals surface area contributed by atoms with Crippen LogP contribution < -0.4 is 0 Å². The summed E-state index contributed by atoms with van der Waals surface area (Å²) in [5.41, 5.74) is 2.98. The van der Waals surface area contributed by atoms with Crippen LogP contribution in [0.1, 0.15) is 5.56 Å². The van der Waals surface area contributed by atoms with Gasteiger partial charge in [-0.2, -0.15) is 0 Å². The maximum absolute atomic E-state index is 13.5. The molecule has 2 rings (SSSR count). The van der Waals surface area contributed by atoms with Gasteiger partial charge in [0.1, 0.15) is 5.82 Å². The van der Waals surface area contributed by atoms with E-state index in [4.69, 9.17) is 0 Å². The highest BCUT2D eigenvalue weighted by molar-refractivity contribution is 14.1. The highest BCUT2D eigenvalue weighted by Crippen LogP contribution is 2.28. The minimum Gasteiger partial charge on any atom is -0.206 e. The van der Waals surface area contributed by atoms with Crippen LogP contribution in [0, 0.1) is 16.3 Å². The second kappa shape index (κ2) is 4.31. The smallest absolute Gasteiger partial charge is 0.137 e. The molecule has 0 N–H and O–H groups in total. The van der Waals surface area contributed by atoms with Crippen molar-refractivity contribution in [2.75, 3.05) is 0 Å². The van der Waals surface area contributed by atoms with Crippen molar-refractivity contribution in [3.8, 4) is 11.1 Å². The largest absolute Gasteiger partial charge is 0.206 e. The molecule has 2 heteroatoms. The molecule has 0 nitrogen and oxygen atoms in total. The maximum Gasteiger partial charge on any atom is 0.137 e. The summed E-state index contributed by atoms with van der Waals surface area (Å²) in [6.45, 7) is 1.91. The normalized spacial score (nSPS) is 10.3. The van der Waals surface area contributed by atoms with Crippen LogP contribution in [0.25, 0.3) is 11.1 Å². The van der Waals surface area contributed by atoms with E-state index >= 15 is 0 Å². The van der Waals surface area contributed by atoms with Crippen molar-refractivity contribution in [1.29, 1.82) is 0 Å². The van der Waals surface area contributed by atoms with Crippen LogP contribution in [0.3, 0.4) is 0 Å². The van der Waals surface area contributed by atoms with Crippen molar-refractivity contribution in [3.05, 3.63) is 57.4 Å². The molecule has 0 bridgehead atoms. The lowest BCUT2D eigenvalue weighted by Gasteiger charge is -2.07. The molecule has 0 heterocycles. The number of rotatable bonds is 1. The van der Waals surface area contributed by atoms with Gasteiger partial charge in [0, 0.05) is 0 Å². The van der Waals surface area contributed by atoms with Gasteiger partial charge in [0.15, 0.2) is 0 Å². The predicted molar refractivity (Wildman–Crippen MR) is 69.3 cm³/mol. The molecule has 0 aliphatic heterocycles. The topological polar surface area (TPSA) is 0 Å². The molecule has 0 fully saturated rings. The summed E-state index contributed by atoms with van der Waals surface area (Å²) in [7, 11) is 0. The Morgan fingerprint density at radius 2 is 1.73 bits per heavy atom. The lowest BCUT2D eigenvalue weighted by molar-refractivity contribution is 0.620. The van der Waals surface area contributed by atoms with Gasteiger partial charge in [0.25, 0.3) is 0 Å². The fourth-order valence-corrected chi connectivity index (χ4v) is 2.18. The van der Waals surface area contributed by atoms with E-state index in [1.165, 1.54) is 0 Å². The van der Waals surface area contributed by atoms with E-state index in [0.29, 0.717) is 3.57 Å². The molecule has 0 amide bonds. The fraction of sp³-hybridized carbons (Fsp3) is 0.0769. The summed E-state index contributed by atoms with van der Waals surface area (Å²) in [6.07, 6.45) is 0. The molecule has 0 aliphatic carbocycles. The number of aryl methyl sites for hydroxylation is 1. The first kappa shape index (κ1) is 10.6. The molecule has 0 saturated carbocycles. The molecule has 0 radical (unpaired) electrons. The molecule has 2 aromatic carbocycles. The third kappa shape index (κ3) is 2.20. The Kier molecular flexibility index (Phi) is 3.05. The average Bonchev–Trinajstić information content (AvgIpc) is 2.24. The van der Waals surface area contributed by atoms with E-state index < -0.39 is 0 Å². The Morgan fingerprint density at radius 1 is 1.07 bits per heavy atom. The van der Waals surface area contributed by atoms with Crippen LogP contribution in [-0.2, 0) is 0 Å². The molecular weight excluding hydrogens is 302 g/mol. The average molecular weight is 312 g/mol. The van der Waals surface area contributed by atoms with E-state index in [0.717, 1.165) is 16.7 Å². The monoisotopic (exact) mass is 312 g/mol. The van der Waals surface area contributed by atoms with Crippen molar-refractivity contribution in [2.45, 2.75) is 6.92 Å². The first-order valence-corrected chi connectivity index (χ1v) is 5.77. The zero-order valence-electron chi connectivity index (χ0n) is 8.30. The standard InChI is InChI=1S/C13H10FI/c1-9-7-11(13(15)12(14)8-9)10-5-3-2-4-6-10/h2-8H,1H3. The van der Waals surface area contributed by atoms with Gasteiger partial charge >= 0.3 is 0 Å². The molecule has 0 unspecified atom stereocenters. The zero-order chi connectivity index (χ0) is 10.8. The van der Waals surface area contributed by atoms with Crippen molar-refractivity contribution in [1.82, 2.24) is 0 Å². The Labute approximate surface area is 102 Å². The SMILES string of the molecule is Cc1cc(F)c(I)c(-c2ccccc2)c1. The van der Waals surface area contributed by atoms with Crippen LogP contribution in [0.15, 0.2) is 42.5 Å². The van der Waals surface area contributed by atoms with Gasteiger partial charge in [-0.15, -0.1) is 0 Å². The van der Waals surface area contributed by atoms with Crippen LogP contribution in [0.2, 0.25) is 0 Å². The predicted octanol–water partition coefficient (Wildman–Crippen LogP) is 4.41. The van der Waals surface area contributed by atoms with Crippen LogP contribution in [-0.4, -0.2) is 0 Å². The van der Waals surface area contributed by atoms with E-state index in [2.05, 4.69) is 22.6 Å². The highest BCUT2D eigenvalue weighted by Gasteiger charge is 2.08. The maximum atomic E-state index is 13.5. The number of benzene rings is 2. The Morgan fingerprint density at radius 3 is 2.40 bits per heavy atom. The molecule has 0 saturated heterocycles. The van der Waals surface area contributed by atoms with Gasteiger partial charge in [0.05, 0.1) is 3.57 Å². The van der Waals surface area contributed by atoms with E-state index in [-0.39, 0.29) is 5.82 Å². The summed E-state index contributed by atoms with van der Waals surface area (Å²) in [6, 6.07) is 13.5. The summed E-state index contributed by atoms with van der Waals surface area (Å²) in [5, 5.41) is 0. The molecule has 0 spiro atoms. The summed E-state index contributed by atoms with van der Waals surface area (Å²) < 4.78 is 14.2. The Hall–Kier alpha value is -0.900. The molecule has 15 heavy (non-hydrogen) atoms. The van der Waals surface area contributed by atoms with Crippen molar-refractivity contribution in [2.24, 2.45) is 0 Å². The van der Waals surface area contributed by atoms with Gasteiger partial charge in [-0.3, -0.25) is 0 Å². The van der Waals surface area contributed by atoms with Gasteiger partial charge in [-0.05, 0) is 52.3 Å². The van der Waals surface area contributed by atoms with Gasteiger partial charge in [0.2, 0.25) is 0 Å². The minimum atomic E-state index is -0.144. The van der Waals surface area contributed by atoms with Crippen molar-refractivity contribution >= 4 is 22.6 Å². The quantitative estimate of drug-likeness (QED) is 0.685. The van der Waals surface area contributed by atoms with Crippen LogP contribution in [0.5, 0.6) is 0 Å². The first-order valence-electron chi connectivity index (χ1n) is 4.69. The van der Waals surface area contributed by atoms with E-state index in [1.807, 2.05) is 43.3 Å². The minimum absolute atomic E-state index is 0.144. The number of hydrogen-bond acceptors (Lipinski definition) is 0. The molecule has 2 aromatic rings. The molecular formula is C13H10FI. The summed E-state index contributed by atoms with van der Waals surface area (Å²) in [4.78, 5) is 0. The third-order valence-electron chi connectivity index (χ3n) is 2.26. The van der Waals surface area contributed by atoms with Crippen LogP contribution >= 0.6 is 22.6 Å². The molecule has 0 aromatic heterocycles. The number of halogens is 2. The summed E-state index contributed by atoms with van der Waals surface area (Å²) in [5.74, 6) is -0.144. The second-order valence-electron chi connectivity index (χ2n) is 3.47. The Bertz CT molecular complexity index is 477. The second-order valence-corrected chi connectivity index (χ2v) is 4.55. The lowest BCUT2D eigenvalue weighted by Crippen LogP contribution is -1.89. The van der Waals surface area contributed by atoms with Crippen LogP contribution in [0.4, 0.5) is 4.39 Å². The van der Waals surface area contributed by atoms with E-state index in [9.17, 15) is 4.39 Å². The van der Waals surface area contributed by atoms with Crippen molar-refractivity contribution in [3.63, 3.8) is 0 Å². The highest BCUT2D eigenvalue weighted by atomic mass is 127. The lowest BCUT2D eigenvalue weighted by atomic mass is 10.0. The zero-order valence-corrected chi connectivity index (χ0v) is 10.5. The molecule has 0 atom stereocenters. The fourth-order valence-electron chi connectivity index (χ4n) is 1.55. The molecule has 0 aliphatic rings. The summed E-state index contributed by atoms with van der Waals surface area (Å²) >= 11 is 2.05. The number of hydrogen-bond donors (Lipinski definition) is 0.